The van der Waals surface area contributed by atoms with Crippen molar-refractivity contribution in [1.29, 1.82) is 0 Å². The van der Waals surface area contributed by atoms with Gasteiger partial charge < -0.3 is 4.98 Å². The van der Waals surface area contributed by atoms with Crippen LogP contribution in [0.1, 0.15) is 19.4 Å². The molecule has 84 valence electrons. The lowest BCUT2D eigenvalue weighted by Crippen LogP contribution is -2.07. The zero-order valence-corrected chi connectivity index (χ0v) is 9.95. The molecule has 0 aliphatic carbocycles. The molecule has 0 fully saturated rings. The fourth-order valence-electron chi connectivity index (χ4n) is 1.39. The monoisotopic (exact) mass is 215 g/mol. The number of pyridine rings is 1. The van der Waals surface area contributed by atoms with Crippen LogP contribution in [0, 0.1) is 6.92 Å². The summed E-state index contributed by atoms with van der Waals surface area (Å²) in [4.78, 5) is 13.9. The van der Waals surface area contributed by atoms with Crippen LogP contribution < -0.4 is 5.56 Å². The molecule has 0 saturated heterocycles. The highest BCUT2D eigenvalue weighted by molar-refractivity contribution is 5.62. The summed E-state index contributed by atoms with van der Waals surface area (Å²) in [6, 6.07) is 11.9. The largest absolute Gasteiger partial charge is 0.328 e. The van der Waals surface area contributed by atoms with Crippen molar-refractivity contribution in [2.24, 2.45) is 0 Å². The second kappa shape index (κ2) is 5.91. The summed E-state index contributed by atoms with van der Waals surface area (Å²) in [5, 5.41) is 0. The minimum Gasteiger partial charge on any atom is -0.328 e. The molecule has 0 amide bonds. The van der Waals surface area contributed by atoms with Gasteiger partial charge in [0.05, 0.1) is 0 Å². The van der Waals surface area contributed by atoms with E-state index in [1.54, 1.807) is 6.20 Å². The van der Waals surface area contributed by atoms with Crippen molar-refractivity contribution in [3.8, 4) is 11.1 Å². The molecule has 1 N–H and O–H groups in total. The van der Waals surface area contributed by atoms with E-state index in [4.69, 9.17) is 0 Å². The van der Waals surface area contributed by atoms with E-state index >= 15 is 0 Å². The summed E-state index contributed by atoms with van der Waals surface area (Å²) >= 11 is 0. The van der Waals surface area contributed by atoms with Crippen molar-refractivity contribution in [3.63, 3.8) is 0 Å². The third-order valence-corrected chi connectivity index (χ3v) is 2.20. The molecule has 2 aromatic rings. The van der Waals surface area contributed by atoms with E-state index in [1.165, 1.54) is 0 Å². The Labute approximate surface area is 96.0 Å². The average Bonchev–Trinajstić information content (AvgIpc) is 2.36. The van der Waals surface area contributed by atoms with Gasteiger partial charge in [0.1, 0.15) is 0 Å². The van der Waals surface area contributed by atoms with E-state index in [9.17, 15) is 4.79 Å². The maximum Gasteiger partial charge on any atom is 0.250 e. The minimum absolute atomic E-state index is 0.0234. The Morgan fingerprint density at radius 3 is 2.19 bits per heavy atom. The van der Waals surface area contributed by atoms with Gasteiger partial charge in [-0.1, -0.05) is 44.2 Å². The Hall–Kier alpha value is -1.83. The number of aryl methyl sites for hydroxylation is 1. The molecule has 1 aromatic heterocycles. The zero-order chi connectivity index (χ0) is 12.0. The molecule has 1 heterocycles. The molecule has 0 unspecified atom stereocenters. The van der Waals surface area contributed by atoms with Crippen molar-refractivity contribution in [1.82, 2.24) is 4.98 Å². The molecule has 0 aliphatic rings. The summed E-state index contributed by atoms with van der Waals surface area (Å²) < 4.78 is 0. The van der Waals surface area contributed by atoms with Crippen molar-refractivity contribution < 1.29 is 0 Å². The number of benzene rings is 1. The van der Waals surface area contributed by atoms with Gasteiger partial charge in [-0.15, -0.1) is 0 Å². The second-order valence-corrected chi connectivity index (χ2v) is 3.27. The van der Waals surface area contributed by atoms with Gasteiger partial charge in [-0.25, -0.2) is 0 Å². The molecule has 2 heteroatoms. The zero-order valence-electron chi connectivity index (χ0n) is 9.95. The number of aromatic nitrogens is 1. The molecule has 0 atom stereocenters. The summed E-state index contributed by atoms with van der Waals surface area (Å²) in [7, 11) is 0. The van der Waals surface area contributed by atoms with Crippen LogP contribution in [0.2, 0.25) is 0 Å². The summed E-state index contributed by atoms with van der Waals surface area (Å²) in [5.74, 6) is 0. The van der Waals surface area contributed by atoms with Crippen LogP contribution in [0.25, 0.3) is 11.1 Å². The van der Waals surface area contributed by atoms with E-state index in [-0.39, 0.29) is 5.56 Å². The fourth-order valence-corrected chi connectivity index (χ4v) is 1.39. The number of rotatable bonds is 1. The van der Waals surface area contributed by atoms with Crippen LogP contribution in [-0.2, 0) is 0 Å². The lowest BCUT2D eigenvalue weighted by molar-refractivity contribution is 1.18. The maximum absolute atomic E-state index is 11.1. The van der Waals surface area contributed by atoms with Gasteiger partial charge in [0.15, 0.2) is 0 Å². The molecule has 0 radical (unpaired) electrons. The van der Waals surface area contributed by atoms with Gasteiger partial charge in [-0.05, 0) is 24.1 Å². The Morgan fingerprint density at radius 1 is 1.00 bits per heavy atom. The molecule has 0 spiro atoms. The van der Waals surface area contributed by atoms with Gasteiger partial charge >= 0.3 is 0 Å². The lowest BCUT2D eigenvalue weighted by atomic mass is 10.1. The predicted octanol–water partition coefficient (Wildman–Crippen LogP) is 3.38. The fraction of sp³-hybridized carbons (Fsp3) is 0.214. The summed E-state index contributed by atoms with van der Waals surface area (Å²) in [5.41, 5.74) is 2.88. The highest BCUT2D eigenvalue weighted by Gasteiger charge is 1.98. The predicted molar refractivity (Wildman–Crippen MR) is 68.6 cm³/mol. The first kappa shape index (κ1) is 12.2. The first-order valence-corrected chi connectivity index (χ1v) is 5.52. The Kier molecular flexibility index (Phi) is 4.52. The quantitative estimate of drug-likeness (QED) is 0.777. The Morgan fingerprint density at radius 2 is 1.62 bits per heavy atom. The van der Waals surface area contributed by atoms with Crippen LogP contribution >= 0.6 is 0 Å². The number of H-pyrrole nitrogens is 1. The van der Waals surface area contributed by atoms with E-state index in [2.05, 4.69) is 4.98 Å². The van der Waals surface area contributed by atoms with Gasteiger partial charge in [0.25, 0.3) is 5.56 Å². The number of nitrogens with one attached hydrogen (secondary N) is 1. The van der Waals surface area contributed by atoms with Crippen molar-refractivity contribution in [3.05, 3.63) is 58.5 Å². The molecule has 0 saturated carbocycles. The topological polar surface area (TPSA) is 32.9 Å². The van der Waals surface area contributed by atoms with Crippen LogP contribution in [0.4, 0.5) is 0 Å². The summed E-state index contributed by atoms with van der Waals surface area (Å²) in [6.07, 6.45) is 1.74. The normalized spacial score (nSPS) is 9.19. The maximum atomic E-state index is 11.1. The van der Waals surface area contributed by atoms with Gasteiger partial charge in [-0.3, -0.25) is 4.79 Å². The third kappa shape index (κ3) is 2.83. The number of hydrogen-bond acceptors (Lipinski definition) is 1. The van der Waals surface area contributed by atoms with Crippen LogP contribution in [0.15, 0.2) is 47.4 Å². The standard InChI is InChI=1S/C12H11NO.C2H6/c1-9-7-11(8-13-12(9)14)10-5-3-2-4-6-10;1-2/h2-8H,1H3,(H,13,14);1-2H3. The van der Waals surface area contributed by atoms with Crippen LogP contribution in [0.5, 0.6) is 0 Å². The van der Waals surface area contributed by atoms with Crippen molar-refractivity contribution in [2.75, 3.05) is 0 Å². The number of aromatic amines is 1. The molecule has 2 nitrogen and oxygen atoms in total. The smallest absolute Gasteiger partial charge is 0.250 e. The Bertz CT molecular complexity index is 486. The second-order valence-electron chi connectivity index (χ2n) is 3.27. The van der Waals surface area contributed by atoms with E-state index in [0.717, 1.165) is 16.7 Å². The highest BCUT2D eigenvalue weighted by Crippen LogP contribution is 2.16. The SMILES string of the molecule is CC.Cc1cc(-c2ccccc2)c[nH]c1=O. The lowest BCUT2D eigenvalue weighted by Gasteiger charge is -2.01. The van der Waals surface area contributed by atoms with E-state index in [0.29, 0.717) is 0 Å². The van der Waals surface area contributed by atoms with Gasteiger partial charge in [0, 0.05) is 11.8 Å². The molecule has 16 heavy (non-hydrogen) atoms. The van der Waals surface area contributed by atoms with Gasteiger partial charge in [-0.2, -0.15) is 0 Å². The first-order valence-electron chi connectivity index (χ1n) is 5.52. The van der Waals surface area contributed by atoms with Crippen LogP contribution in [0.3, 0.4) is 0 Å². The molecular weight excluding hydrogens is 198 g/mol. The first-order chi connectivity index (χ1) is 7.77. The molecule has 1 aromatic carbocycles. The van der Waals surface area contributed by atoms with Crippen molar-refractivity contribution in [2.45, 2.75) is 20.8 Å². The highest BCUT2D eigenvalue weighted by atomic mass is 16.1. The van der Waals surface area contributed by atoms with E-state index < -0.39 is 0 Å². The van der Waals surface area contributed by atoms with Gasteiger partial charge in [0.2, 0.25) is 0 Å². The van der Waals surface area contributed by atoms with Crippen molar-refractivity contribution >= 4 is 0 Å². The molecule has 0 aliphatic heterocycles. The molecule has 0 bridgehead atoms. The molecule has 2 rings (SSSR count). The minimum atomic E-state index is -0.0234. The Balaban J connectivity index is 0.000000606. The van der Waals surface area contributed by atoms with Crippen LogP contribution in [-0.4, -0.2) is 4.98 Å². The van der Waals surface area contributed by atoms with E-state index in [1.807, 2.05) is 57.2 Å². The molecular formula is C14H17NO. The third-order valence-electron chi connectivity index (χ3n) is 2.20. The number of hydrogen-bond donors (Lipinski definition) is 1. The average molecular weight is 215 g/mol. The summed E-state index contributed by atoms with van der Waals surface area (Å²) in [6.45, 7) is 5.81.